The van der Waals surface area contributed by atoms with E-state index in [2.05, 4.69) is 10.2 Å². The Balaban J connectivity index is 1.84. The average Bonchev–Trinajstić information content (AvgIpc) is 2.48. The summed E-state index contributed by atoms with van der Waals surface area (Å²) < 4.78 is 0. The van der Waals surface area contributed by atoms with E-state index in [4.69, 9.17) is 11.6 Å². The van der Waals surface area contributed by atoms with E-state index in [1.165, 1.54) is 0 Å². The minimum atomic E-state index is -0.526. The van der Waals surface area contributed by atoms with Crippen molar-refractivity contribution in [3.8, 4) is 0 Å². The molecule has 2 N–H and O–H groups in total. The third-order valence-electron chi connectivity index (χ3n) is 4.03. The van der Waals surface area contributed by atoms with Gasteiger partial charge in [0.25, 0.3) is 0 Å². The molecule has 5 heteroatoms. The number of likely N-dealkylation sites (tertiary alicyclic amines) is 1. The van der Waals surface area contributed by atoms with Crippen molar-refractivity contribution in [3.63, 3.8) is 0 Å². The molecular weight excluding hydrogens is 300 g/mol. The van der Waals surface area contributed by atoms with Crippen LogP contribution in [0.5, 0.6) is 0 Å². The van der Waals surface area contributed by atoms with Crippen LogP contribution < -0.4 is 5.32 Å². The average molecular weight is 325 g/mol. The van der Waals surface area contributed by atoms with E-state index in [0.717, 1.165) is 37.9 Å². The zero-order valence-corrected chi connectivity index (χ0v) is 13.9. The molecule has 0 radical (unpaired) electrons. The lowest BCUT2D eigenvalue weighted by Gasteiger charge is -2.34. The molecule has 1 aromatic rings. The molecule has 1 fully saturated rings. The topological polar surface area (TPSA) is 52.6 Å². The Morgan fingerprint density at radius 3 is 2.86 bits per heavy atom. The lowest BCUT2D eigenvalue weighted by molar-refractivity contribution is -0.122. The third-order valence-corrected chi connectivity index (χ3v) is 4.29. The SMILES string of the molecule is CCCC(=O)NC1CCCN(CC(O)c2ccc(Cl)cc2)C1. The number of β-amino-alcohol motifs (C(OH)–C–C–N with tert-alkyl or cyclic N) is 1. The second-order valence-corrected chi connectivity index (χ2v) is 6.42. The van der Waals surface area contributed by atoms with Crippen LogP contribution in [0.2, 0.25) is 5.02 Å². The highest BCUT2D eigenvalue weighted by Gasteiger charge is 2.23. The Morgan fingerprint density at radius 2 is 2.18 bits per heavy atom. The molecule has 1 aromatic carbocycles. The molecule has 1 aliphatic heterocycles. The van der Waals surface area contributed by atoms with Crippen molar-refractivity contribution in [1.29, 1.82) is 0 Å². The summed E-state index contributed by atoms with van der Waals surface area (Å²) in [7, 11) is 0. The zero-order chi connectivity index (χ0) is 15.9. The second kappa shape index (κ2) is 8.51. The van der Waals surface area contributed by atoms with Crippen LogP contribution >= 0.6 is 11.6 Å². The molecular formula is C17H25ClN2O2. The number of hydrogen-bond donors (Lipinski definition) is 2. The molecule has 0 saturated carbocycles. The number of nitrogens with one attached hydrogen (secondary N) is 1. The summed E-state index contributed by atoms with van der Waals surface area (Å²) in [6, 6.07) is 7.51. The van der Waals surface area contributed by atoms with Crippen molar-refractivity contribution in [2.75, 3.05) is 19.6 Å². The molecule has 0 aliphatic carbocycles. The predicted octanol–water partition coefficient (Wildman–Crippen LogP) is 2.75. The number of nitrogens with zero attached hydrogens (tertiary/aromatic N) is 1. The van der Waals surface area contributed by atoms with Gasteiger partial charge in [-0.05, 0) is 43.5 Å². The number of piperidine rings is 1. The quantitative estimate of drug-likeness (QED) is 0.846. The standard InChI is InChI=1S/C17H25ClN2O2/c1-2-4-17(22)19-15-5-3-10-20(11-15)12-16(21)13-6-8-14(18)9-7-13/h6-9,15-16,21H,2-5,10-12H2,1H3,(H,19,22). The van der Waals surface area contributed by atoms with Gasteiger partial charge in [-0.15, -0.1) is 0 Å². The van der Waals surface area contributed by atoms with Crippen LogP contribution in [-0.2, 0) is 4.79 Å². The number of carbonyl (C=O) groups excluding carboxylic acids is 1. The van der Waals surface area contributed by atoms with Crippen molar-refractivity contribution in [1.82, 2.24) is 10.2 Å². The van der Waals surface area contributed by atoms with E-state index in [1.54, 1.807) is 12.1 Å². The lowest BCUT2D eigenvalue weighted by Crippen LogP contribution is -2.48. The van der Waals surface area contributed by atoms with E-state index in [0.29, 0.717) is 18.0 Å². The molecule has 2 rings (SSSR count). The fourth-order valence-electron chi connectivity index (χ4n) is 2.90. The fourth-order valence-corrected chi connectivity index (χ4v) is 3.03. The van der Waals surface area contributed by atoms with Crippen molar-refractivity contribution in [2.24, 2.45) is 0 Å². The summed E-state index contributed by atoms with van der Waals surface area (Å²) in [4.78, 5) is 13.9. The molecule has 4 nitrogen and oxygen atoms in total. The first-order valence-corrected chi connectivity index (χ1v) is 8.41. The van der Waals surface area contributed by atoms with E-state index in [9.17, 15) is 9.90 Å². The summed E-state index contributed by atoms with van der Waals surface area (Å²) in [5.74, 6) is 0.132. The molecule has 2 unspecified atom stereocenters. The largest absolute Gasteiger partial charge is 0.387 e. The number of hydrogen-bond acceptors (Lipinski definition) is 3. The van der Waals surface area contributed by atoms with Gasteiger partial charge < -0.3 is 10.4 Å². The minimum Gasteiger partial charge on any atom is -0.387 e. The van der Waals surface area contributed by atoms with Crippen molar-refractivity contribution >= 4 is 17.5 Å². The maximum absolute atomic E-state index is 11.7. The molecule has 1 heterocycles. The Hall–Kier alpha value is -1.10. The fraction of sp³-hybridized carbons (Fsp3) is 0.588. The number of amides is 1. The molecule has 1 saturated heterocycles. The second-order valence-electron chi connectivity index (χ2n) is 5.98. The summed E-state index contributed by atoms with van der Waals surface area (Å²) in [6.45, 7) is 4.36. The van der Waals surface area contributed by atoms with Gasteiger partial charge in [-0.1, -0.05) is 30.7 Å². The number of rotatable bonds is 6. The van der Waals surface area contributed by atoms with Crippen LogP contribution in [0.4, 0.5) is 0 Å². The van der Waals surface area contributed by atoms with Crippen molar-refractivity contribution in [2.45, 2.75) is 44.8 Å². The van der Waals surface area contributed by atoms with Gasteiger partial charge in [-0.3, -0.25) is 9.69 Å². The summed E-state index contributed by atoms with van der Waals surface area (Å²) in [5.41, 5.74) is 0.876. The molecule has 22 heavy (non-hydrogen) atoms. The van der Waals surface area contributed by atoms with Gasteiger partial charge in [0.1, 0.15) is 0 Å². The van der Waals surface area contributed by atoms with Crippen LogP contribution in [0.3, 0.4) is 0 Å². The highest BCUT2D eigenvalue weighted by atomic mass is 35.5. The van der Waals surface area contributed by atoms with E-state index < -0.39 is 6.10 Å². The summed E-state index contributed by atoms with van der Waals surface area (Å²) in [5, 5.41) is 14.1. The Kier molecular flexibility index (Phi) is 6.68. The Morgan fingerprint density at radius 1 is 1.45 bits per heavy atom. The first-order valence-electron chi connectivity index (χ1n) is 8.03. The molecule has 0 spiro atoms. The number of aliphatic hydroxyl groups is 1. The monoisotopic (exact) mass is 324 g/mol. The first-order chi connectivity index (χ1) is 10.6. The highest BCUT2D eigenvalue weighted by molar-refractivity contribution is 6.30. The molecule has 0 aromatic heterocycles. The van der Waals surface area contributed by atoms with E-state index in [1.807, 2.05) is 19.1 Å². The highest BCUT2D eigenvalue weighted by Crippen LogP contribution is 2.19. The summed E-state index contributed by atoms with van der Waals surface area (Å²) in [6.07, 6.45) is 3.00. The van der Waals surface area contributed by atoms with Gasteiger partial charge >= 0.3 is 0 Å². The van der Waals surface area contributed by atoms with Crippen LogP contribution in [0.25, 0.3) is 0 Å². The smallest absolute Gasteiger partial charge is 0.220 e. The minimum absolute atomic E-state index is 0.132. The predicted molar refractivity (Wildman–Crippen MR) is 88.9 cm³/mol. The van der Waals surface area contributed by atoms with Gasteiger partial charge in [0.05, 0.1) is 6.10 Å². The number of benzene rings is 1. The molecule has 2 atom stereocenters. The molecule has 1 amide bonds. The zero-order valence-electron chi connectivity index (χ0n) is 13.1. The van der Waals surface area contributed by atoms with Gasteiger partial charge in [-0.2, -0.15) is 0 Å². The third kappa shape index (κ3) is 5.27. The normalized spacial score (nSPS) is 20.6. The molecule has 0 bridgehead atoms. The van der Waals surface area contributed by atoms with Gasteiger partial charge in [0.2, 0.25) is 5.91 Å². The van der Waals surface area contributed by atoms with Crippen LogP contribution in [0.1, 0.15) is 44.3 Å². The molecule has 1 aliphatic rings. The lowest BCUT2D eigenvalue weighted by atomic mass is 10.0. The Bertz CT molecular complexity index is 478. The molecule has 122 valence electrons. The number of aliphatic hydroxyl groups excluding tert-OH is 1. The maximum atomic E-state index is 11.7. The van der Waals surface area contributed by atoms with Gasteiger partial charge in [0, 0.05) is 30.6 Å². The maximum Gasteiger partial charge on any atom is 0.220 e. The van der Waals surface area contributed by atoms with Crippen molar-refractivity contribution in [3.05, 3.63) is 34.9 Å². The van der Waals surface area contributed by atoms with Gasteiger partial charge in [-0.25, -0.2) is 0 Å². The van der Waals surface area contributed by atoms with Crippen LogP contribution in [0, 0.1) is 0 Å². The first kappa shape index (κ1) is 17.3. The van der Waals surface area contributed by atoms with E-state index >= 15 is 0 Å². The van der Waals surface area contributed by atoms with Crippen LogP contribution in [-0.4, -0.2) is 41.6 Å². The van der Waals surface area contributed by atoms with Gasteiger partial charge in [0.15, 0.2) is 0 Å². The summed E-state index contributed by atoms with van der Waals surface area (Å²) >= 11 is 5.87. The Labute approximate surface area is 137 Å². The number of carbonyl (C=O) groups is 1. The van der Waals surface area contributed by atoms with E-state index in [-0.39, 0.29) is 11.9 Å². The van der Waals surface area contributed by atoms with Crippen LogP contribution in [0.15, 0.2) is 24.3 Å². The van der Waals surface area contributed by atoms with Crippen molar-refractivity contribution < 1.29 is 9.90 Å². The number of halogens is 1.